The van der Waals surface area contributed by atoms with Crippen molar-refractivity contribution in [2.45, 2.75) is 37.0 Å². The molecule has 2 aromatic rings. The normalized spacial score (nSPS) is 11.6. The monoisotopic (exact) mass is 416 g/mol. The maximum Gasteiger partial charge on any atom is 0.341 e. The zero-order valence-corrected chi connectivity index (χ0v) is 16.2. The van der Waals surface area contributed by atoms with Gasteiger partial charge in [-0.1, -0.05) is 12.1 Å². The largest absolute Gasteiger partial charge is 0.354 e. The van der Waals surface area contributed by atoms with Crippen molar-refractivity contribution in [2.24, 2.45) is 0 Å². The van der Waals surface area contributed by atoms with Crippen LogP contribution in [-0.4, -0.2) is 32.0 Å². The molecule has 2 rings (SSSR count). The van der Waals surface area contributed by atoms with Crippen molar-refractivity contribution < 1.29 is 26.8 Å². The SMILES string of the molecule is CC(C)NC(=O)Cc1ccc(NC(=O)c2sccc2S(=O)(=O)C(F)F)cc1. The zero-order chi connectivity index (χ0) is 20.2. The second-order valence-corrected chi connectivity index (χ2v) is 8.77. The highest BCUT2D eigenvalue weighted by Crippen LogP contribution is 2.27. The summed E-state index contributed by atoms with van der Waals surface area (Å²) in [5.74, 6) is -4.54. The maximum atomic E-state index is 12.7. The minimum absolute atomic E-state index is 0.0283. The van der Waals surface area contributed by atoms with Crippen LogP contribution in [0.15, 0.2) is 40.6 Å². The fourth-order valence-corrected chi connectivity index (χ4v) is 4.30. The van der Waals surface area contributed by atoms with E-state index in [0.29, 0.717) is 5.69 Å². The van der Waals surface area contributed by atoms with Gasteiger partial charge in [0, 0.05) is 11.7 Å². The predicted octanol–water partition coefficient (Wildman–Crippen LogP) is 3.06. The lowest BCUT2D eigenvalue weighted by Gasteiger charge is -2.09. The second-order valence-electron chi connectivity index (χ2n) is 5.97. The van der Waals surface area contributed by atoms with Crippen LogP contribution >= 0.6 is 11.3 Å². The van der Waals surface area contributed by atoms with Gasteiger partial charge in [0.2, 0.25) is 15.7 Å². The number of carbonyl (C=O) groups excluding carboxylic acids is 2. The van der Waals surface area contributed by atoms with Crippen LogP contribution < -0.4 is 10.6 Å². The molecule has 0 fully saturated rings. The molecule has 0 saturated carbocycles. The molecular weight excluding hydrogens is 398 g/mol. The van der Waals surface area contributed by atoms with Gasteiger partial charge in [-0.2, -0.15) is 8.78 Å². The molecule has 0 bridgehead atoms. The Hall–Kier alpha value is -2.33. The van der Waals surface area contributed by atoms with Crippen LogP contribution in [0, 0.1) is 0 Å². The predicted molar refractivity (Wildman–Crippen MR) is 98.9 cm³/mol. The summed E-state index contributed by atoms with van der Waals surface area (Å²) < 4.78 is 48.7. The lowest BCUT2D eigenvalue weighted by Crippen LogP contribution is -2.31. The van der Waals surface area contributed by atoms with E-state index in [1.54, 1.807) is 24.3 Å². The van der Waals surface area contributed by atoms with Crippen molar-refractivity contribution >= 4 is 38.7 Å². The molecule has 0 aliphatic rings. The lowest BCUT2D eigenvalue weighted by molar-refractivity contribution is -0.120. The smallest absolute Gasteiger partial charge is 0.341 e. The number of anilines is 1. The molecule has 2 N–H and O–H groups in total. The summed E-state index contributed by atoms with van der Waals surface area (Å²) >= 11 is 0.761. The summed E-state index contributed by atoms with van der Waals surface area (Å²) in [4.78, 5) is 23.0. The van der Waals surface area contributed by atoms with Crippen molar-refractivity contribution in [3.63, 3.8) is 0 Å². The number of benzene rings is 1. The molecule has 10 heteroatoms. The summed E-state index contributed by atoms with van der Waals surface area (Å²) in [7, 11) is -4.86. The van der Waals surface area contributed by atoms with Crippen LogP contribution in [-0.2, 0) is 21.1 Å². The Bertz CT molecular complexity index is 923. The van der Waals surface area contributed by atoms with Gasteiger partial charge in [-0.3, -0.25) is 9.59 Å². The number of carbonyl (C=O) groups is 2. The molecule has 1 aromatic carbocycles. The fourth-order valence-electron chi connectivity index (χ4n) is 2.24. The molecular formula is C17H18F2N2O4S2. The minimum atomic E-state index is -4.86. The molecule has 0 radical (unpaired) electrons. The molecule has 1 aromatic heterocycles. The number of halogens is 2. The van der Waals surface area contributed by atoms with E-state index in [2.05, 4.69) is 10.6 Å². The molecule has 0 atom stereocenters. The van der Waals surface area contributed by atoms with E-state index in [-0.39, 0.29) is 23.2 Å². The van der Waals surface area contributed by atoms with E-state index in [9.17, 15) is 26.8 Å². The number of amides is 2. The number of rotatable bonds is 7. The Labute approximate surface area is 159 Å². The summed E-state index contributed by atoms with van der Waals surface area (Å²) in [6.07, 6.45) is 0.175. The molecule has 0 saturated heterocycles. The Kier molecular flexibility index (Phi) is 6.66. The first kappa shape index (κ1) is 21.0. The number of nitrogens with one attached hydrogen (secondary N) is 2. The maximum absolute atomic E-state index is 12.7. The van der Waals surface area contributed by atoms with Gasteiger partial charge in [0.1, 0.15) is 4.88 Å². The average molecular weight is 416 g/mol. The summed E-state index contributed by atoms with van der Waals surface area (Å²) in [5.41, 5.74) is 1.07. The zero-order valence-electron chi connectivity index (χ0n) is 14.5. The van der Waals surface area contributed by atoms with E-state index in [4.69, 9.17) is 0 Å². The number of alkyl halides is 2. The van der Waals surface area contributed by atoms with E-state index < -0.39 is 26.4 Å². The van der Waals surface area contributed by atoms with Crippen LogP contribution in [0.4, 0.5) is 14.5 Å². The molecule has 0 aliphatic heterocycles. The Balaban J connectivity index is 2.10. The molecule has 0 spiro atoms. The van der Waals surface area contributed by atoms with Gasteiger partial charge in [0.25, 0.3) is 5.91 Å². The molecule has 0 unspecified atom stereocenters. The summed E-state index contributed by atoms with van der Waals surface area (Å²) in [6.45, 7) is 3.70. The van der Waals surface area contributed by atoms with Crippen LogP contribution in [0.25, 0.3) is 0 Å². The topological polar surface area (TPSA) is 92.3 Å². The van der Waals surface area contributed by atoms with Crippen LogP contribution in [0.5, 0.6) is 0 Å². The van der Waals surface area contributed by atoms with Crippen LogP contribution in [0.1, 0.15) is 29.1 Å². The highest BCUT2D eigenvalue weighted by molar-refractivity contribution is 7.92. The summed E-state index contributed by atoms with van der Waals surface area (Å²) in [5, 5.41) is 6.50. The van der Waals surface area contributed by atoms with Gasteiger partial charge >= 0.3 is 5.76 Å². The number of hydrogen-bond donors (Lipinski definition) is 2. The standard InChI is InChI=1S/C17H18F2N2O4S2/c1-10(2)20-14(22)9-11-3-5-12(6-4-11)21-16(23)15-13(7-8-26-15)27(24,25)17(18)19/h3-8,10,17H,9H2,1-2H3,(H,20,22)(H,21,23). The fraction of sp³-hybridized carbons (Fsp3) is 0.294. The quantitative estimate of drug-likeness (QED) is 0.726. The Morgan fingerprint density at radius 2 is 1.74 bits per heavy atom. The number of hydrogen-bond acceptors (Lipinski definition) is 5. The first-order chi connectivity index (χ1) is 12.6. The van der Waals surface area contributed by atoms with Crippen LogP contribution in [0.3, 0.4) is 0 Å². The van der Waals surface area contributed by atoms with Gasteiger partial charge in [0.05, 0.1) is 11.3 Å². The van der Waals surface area contributed by atoms with E-state index >= 15 is 0 Å². The van der Waals surface area contributed by atoms with Gasteiger partial charge in [-0.25, -0.2) is 8.42 Å². The average Bonchev–Trinajstić information content (AvgIpc) is 3.06. The van der Waals surface area contributed by atoms with E-state index in [0.717, 1.165) is 23.0 Å². The highest BCUT2D eigenvalue weighted by atomic mass is 32.2. The number of thiophene rings is 1. The molecule has 146 valence electrons. The first-order valence-corrected chi connectivity index (χ1v) is 10.3. The summed E-state index contributed by atoms with van der Waals surface area (Å²) in [6, 6.07) is 7.38. The molecule has 6 nitrogen and oxygen atoms in total. The molecule has 0 aliphatic carbocycles. The van der Waals surface area contributed by atoms with E-state index in [1.165, 1.54) is 5.38 Å². The Morgan fingerprint density at radius 1 is 1.11 bits per heavy atom. The third kappa shape index (κ3) is 5.33. The van der Waals surface area contributed by atoms with Gasteiger partial charge in [-0.05, 0) is 43.0 Å². The molecule has 2 amide bonds. The third-order valence-electron chi connectivity index (χ3n) is 3.40. The lowest BCUT2D eigenvalue weighted by atomic mass is 10.1. The van der Waals surface area contributed by atoms with Gasteiger partial charge in [0.15, 0.2) is 0 Å². The second kappa shape index (κ2) is 8.57. The van der Waals surface area contributed by atoms with Crippen molar-refractivity contribution in [3.05, 3.63) is 46.2 Å². The molecule has 1 heterocycles. The van der Waals surface area contributed by atoms with Crippen molar-refractivity contribution in [1.29, 1.82) is 0 Å². The first-order valence-electron chi connectivity index (χ1n) is 7.90. The van der Waals surface area contributed by atoms with Crippen LogP contribution in [0.2, 0.25) is 0 Å². The van der Waals surface area contributed by atoms with Crippen molar-refractivity contribution in [1.82, 2.24) is 5.32 Å². The number of sulfone groups is 1. The highest BCUT2D eigenvalue weighted by Gasteiger charge is 2.32. The Morgan fingerprint density at radius 3 is 2.30 bits per heavy atom. The molecule has 27 heavy (non-hydrogen) atoms. The van der Waals surface area contributed by atoms with Gasteiger partial charge < -0.3 is 10.6 Å². The minimum Gasteiger partial charge on any atom is -0.354 e. The third-order valence-corrected chi connectivity index (χ3v) is 5.87. The van der Waals surface area contributed by atoms with Crippen molar-refractivity contribution in [2.75, 3.05) is 5.32 Å². The van der Waals surface area contributed by atoms with Crippen molar-refractivity contribution in [3.8, 4) is 0 Å². The van der Waals surface area contributed by atoms with E-state index in [1.807, 2.05) is 13.8 Å². The van der Waals surface area contributed by atoms with Gasteiger partial charge in [-0.15, -0.1) is 11.3 Å².